The highest BCUT2D eigenvalue weighted by Crippen LogP contribution is 2.23. The van der Waals surface area contributed by atoms with E-state index in [1.165, 1.54) is 24.9 Å². The molecule has 0 radical (unpaired) electrons. The van der Waals surface area contributed by atoms with Gasteiger partial charge in [-0.2, -0.15) is 10.1 Å². The van der Waals surface area contributed by atoms with Crippen molar-refractivity contribution in [1.29, 1.82) is 0 Å². The molecule has 150 valence electrons. The second kappa shape index (κ2) is 9.23. The third-order valence-corrected chi connectivity index (χ3v) is 4.84. The molecule has 3 aromatic rings. The summed E-state index contributed by atoms with van der Waals surface area (Å²) in [6, 6.07) is 16.1. The van der Waals surface area contributed by atoms with Crippen molar-refractivity contribution in [1.82, 2.24) is 15.2 Å². The molecule has 1 saturated heterocycles. The fourth-order valence-corrected chi connectivity index (χ4v) is 3.40. The Balaban J connectivity index is 1.39. The highest BCUT2D eigenvalue weighted by Gasteiger charge is 2.10. The average molecular weight is 390 g/mol. The zero-order valence-corrected chi connectivity index (χ0v) is 16.6. The number of hydrogen-bond acceptors (Lipinski definition) is 7. The Morgan fingerprint density at radius 1 is 0.897 bits per heavy atom. The molecule has 0 unspecified atom stereocenters. The van der Waals surface area contributed by atoms with E-state index in [1.54, 1.807) is 6.20 Å². The molecule has 1 aliphatic rings. The second-order valence-corrected chi connectivity index (χ2v) is 6.97. The Bertz CT molecular complexity index is 907. The number of aromatic nitrogens is 3. The van der Waals surface area contributed by atoms with E-state index in [-0.39, 0.29) is 0 Å². The van der Waals surface area contributed by atoms with E-state index < -0.39 is 0 Å². The number of hydrogen-bond donors (Lipinski definition) is 2. The summed E-state index contributed by atoms with van der Waals surface area (Å²) in [5, 5.41) is 14.6. The lowest BCUT2D eigenvalue weighted by Gasteiger charge is -2.28. The van der Waals surface area contributed by atoms with Crippen LogP contribution in [0.15, 0.2) is 54.7 Å². The van der Waals surface area contributed by atoms with E-state index in [9.17, 15) is 0 Å². The molecule has 1 aliphatic heterocycles. The molecule has 4 rings (SSSR count). The Morgan fingerprint density at radius 3 is 2.31 bits per heavy atom. The maximum absolute atomic E-state index is 5.46. The topological polar surface area (TPSA) is 75.2 Å². The minimum Gasteiger partial charge on any atom is -0.494 e. The molecule has 0 spiro atoms. The van der Waals surface area contributed by atoms with Crippen LogP contribution in [0.2, 0.25) is 0 Å². The standard InChI is InChI=1S/C22H26N6O/c1-2-29-20-12-8-17(9-13-20)24-21-16-23-27-22(26-21)25-18-6-10-19(11-7-18)28-14-4-3-5-15-28/h6-13,16H,2-5,14-15H2,1H3,(H2,24,25,26,27). The van der Waals surface area contributed by atoms with Crippen LogP contribution in [0.25, 0.3) is 0 Å². The first-order valence-electron chi connectivity index (χ1n) is 10.1. The first-order valence-corrected chi connectivity index (χ1v) is 10.1. The smallest absolute Gasteiger partial charge is 0.249 e. The second-order valence-electron chi connectivity index (χ2n) is 6.97. The van der Waals surface area contributed by atoms with Gasteiger partial charge in [-0.25, -0.2) is 0 Å². The molecule has 1 fully saturated rings. The van der Waals surface area contributed by atoms with Gasteiger partial charge in [0.05, 0.1) is 12.8 Å². The van der Waals surface area contributed by atoms with E-state index >= 15 is 0 Å². The van der Waals surface area contributed by atoms with Crippen molar-refractivity contribution >= 4 is 28.8 Å². The fraction of sp³-hybridized carbons (Fsp3) is 0.318. The predicted molar refractivity (Wildman–Crippen MR) is 117 cm³/mol. The highest BCUT2D eigenvalue weighted by molar-refractivity contribution is 5.61. The molecule has 2 N–H and O–H groups in total. The molecule has 0 aliphatic carbocycles. The molecule has 0 atom stereocenters. The van der Waals surface area contributed by atoms with Crippen LogP contribution in [0.5, 0.6) is 5.75 Å². The highest BCUT2D eigenvalue weighted by atomic mass is 16.5. The Labute approximate surface area is 171 Å². The van der Waals surface area contributed by atoms with Gasteiger partial charge in [0, 0.05) is 30.2 Å². The largest absolute Gasteiger partial charge is 0.494 e. The van der Waals surface area contributed by atoms with Gasteiger partial charge < -0.3 is 20.3 Å². The molecule has 2 heterocycles. The molecule has 29 heavy (non-hydrogen) atoms. The third-order valence-electron chi connectivity index (χ3n) is 4.84. The van der Waals surface area contributed by atoms with Crippen molar-refractivity contribution in [3.63, 3.8) is 0 Å². The Hall–Kier alpha value is -3.35. The van der Waals surface area contributed by atoms with Gasteiger partial charge in [-0.05, 0) is 74.7 Å². The Kier molecular flexibility index (Phi) is 6.04. The van der Waals surface area contributed by atoms with Crippen molar-refractivity contribution in [2.45, 2.75) is 26.2 Å². The first kappa shape index (κ1) is 19.0. The van der Waals surface area contributed by atoms with Crippen LogP contribution in [0.4, 0.5) is 28.8 Å². The summed E-state index contributed by atoms with van der Waals surface area (Å²) in [5.41, 5.74) is 3.11. The van der Waals surface area contributed by atoms with E-state index in [0.717, 1.165) is 30.2 Å². The van der Waals surface area contributed by atoms with Crippen molar-refractivity contribution in [2.24, 2.45) is 0 Å². The van der Waals surface area contributed by atoms with E-state index in [4.69, 9.17) is 4.74 Å². The van der Waals surface area contributed by atoms with Crippen molar-refractivity contribution in [3.05, 3.63) is 54.7 Å². The number of nitrogens with one attached hydrogen (secondary N) is 2. The maximum atomic E-state index is 5.46. The van der Waals surface area contributed by atoms with Crippen molar-refractivity contribution in [2.75, 3.05) is 35.2 Å². The number of benzene rings is 2. The molecule has 7 heteroatoms. The SMILES string of the molecule is CCOc1ccc(Nc2cnnc(Nc3ccc(N4CCCCC4)cc3)n2)cc1. The summed E-state index contributed by atoms with van der Waals surface area (Å²) >= 11 is 0. The molecule has 0 bridgehead atoms. The van der Waals surface area contributed by atoms with Crippen LogP contribution in [0.1, 0.15) is 26.2 Å². The first-order chi connectivity index (χ1) is 14.3. The number of piperidine rings is 1. The van der Waals surface area contributed by atoms with Gasteiger partial charge >= 0.3 is 0 Å². The van der Waals surface area contributed by atoms with Crippen LogP contribution in [0.3, 0.4) is 0 Å². The van der Waals surface area contributed by atoms with Crippen LogP contribution in [-0.4, -0.2) is 34.9 Å². The number of nitrogens with zero attached hydrogens (tertiary/aromatic N) is 4. The van der Waals surface area contributed by atoms with E-state index in [1.807, 2.05) is 31.2 Å². The lowest BCUT2D eigenvalue weighted by Crippen LogP contribution is -2.29. The minimum atomic E-state index is 0.451. The summed E-state index contributed by atoms with van der Waals surface area (Å²) in [5.74, 6) is 1.91. The molecular formula is C22H26N6O. The zero-order chi connectivity index (χ0) is 19.9. The summed E-state index contributed by atoms with van der Waals surface area (Å²) in [6.45, 7) is 4.89. The normalized spacial score (nSPS) is 13.8. The molecule has 0 saturated carbocycles. The fourth-order valence-electron chi connectivity index (χ4n) is 3.40. The quantitative estimate of drug-likeness (QED) is 0.603. The van der Waals surface area contributed by atoms with Gasteiger partial charge in [0.15, 0.2) is 5.82 Å². The summed E-state index contributed by atoms with van der Waals surface area (Å²) in [4.78, 5) is 6.93. The van der Waals surface area contributed by atoms with Crippen LogP contribution in [-0.2, 0) is 0 Å². The molecule has 1 aromatic heterocycles. The molecule has 7 nitrogen and oxygen atoms in total. The number of ether oxygens (including phenoxy) is 1. The minimum absolute atomic E-state index is 0.451. The van der Waals surface area contributed by atoms with Gasteiger partial charge in [0.25, 0.3) is 0 Å². The van der Waals surface area contributed by atoms with Crippen LogP contribution in [0, 0.1) is 0 Å². The van der Waals surface area contributed by atoms with Gasteiger partial charge in [0.1, 0.15) is 5.75 Å². The lowest BCUT2D eigenvalue weighted by atomic mass is 10.1. The third kappa shape index (κ3) is 5.13. The monoisotopic (exact) mass is 390 g/mol. The summed E-state index contributed by atoms with van der Waals surface area (Å²) in [7, 11) is 0. The van der Waals surface area contributed by atoms with Crippen LogP contribution < -0.4 is 20.3 Å². The van der Waals surface area contributed by atoms with Gasteiger partial charge in [-0.1, -0.05) is 0 Å². The number of anilines is 5. The maximum Gasteiger partial charge on any atom is 0.249 e. The van der Waals surface area contributed by atoms with Gasteiger partial charge in [-0.15, -0.1) is 5.10 Å². The van der Waals surface area contributed by atoms with E-state index in [2.05, 4.69) is 55.0 Å². The number of rotatable bonds is 7. The molecule has 2 aromatic carbocycles. The van der Waals surface area contributed by atoms with E-state index in [0.29, 0.717) is 18.4 Å². The molecular weight excluding hydrogens is 364 g/mol. The van der Waals surface area contributed by atoms with Gasteiger partial charge in [0.2, 0.25) is 5.95 Å². The predicted octanol–water partition coefficient (Wildman–Crippen LogP) is 4.75. The van der Waals surface area contributed by atoms with Crippen LogP contribution >= 0.6 is 0 Å². The van der Waals surface area contributed by atoms with Crippen molar-refractivity contribution < 1.29 is 4.74 Å². The Morgan fingerprint density at radius 2 is 1.59 bits per heavy atom. The molecule has 0 amide bonds. The van der Waals surface area contributed by atoms with Gasteiger partial charge in [-0.3, -0.25) is 0 Å². The summed E-state index contributed by atoms with van der Waals surface area (Å²) < 4.78 is 5.46. The summed E-state index contributed by atoms with van der Waals surface area (Å²) in [6.07, 6.45) is 5.48. The zero-order valence-electron chi connectivity index (χ0n) is 16.6. The average Bonchev–Trinajstić information content (AvgIpc) is 2.77. The lowest BCUT2D eigenvalue weighted by molar-refractivity contribution is 0.340. The van der Waals surface area contributed by atoms with Crippen molar-refractivity contribution in [3.8, 4) is 5.75 Å².